The summed E-state index contributed by atoms with van der Waals surface area (Å²) in [5.74, 6) is -0.390. The minimum absolute atomic E-state index is 0.120. The first-order valence-corrected chi connectivity index (χ1v) is 7.88. The molecule has 0 aliphatic rings. The van der Waals surface area contributed by atoms with Crippen LogP contribution in [0.4, 0.5) is 5.69 Å². The highest BCUT2D eigenvalue weighted by Crippen LogP contribution is 2.25. The number of aryl methyl sites for hydroxylation is 1. The van der Waals surface area contributed by atoms with E-state index in [-0.39, 0.29) is 21.5 Å². The molecule has 0 aliphatic carbocycles. The van der Waals surface area contributed by atoms with Gasteiger partial charge in [0.25, 0.3) is 5.91 Å². The second kappa shape index (κ2) is 5.51. The first-order valence-electron chi connectivity index (χ1n) is 5.96. The number of hydrogen-bond acceptors (Lipinski definition) is 3. The molecule has 0 unspecified atom stereocenters. The molecular weight excluding hydrogens is 314 g/mol. The van der Waals surface area contributed by atoms with Gasteiger partial charge in [-0.05, 0) is 37.3 Å². The highest BCUT2D eigenvalue weighted by Gasteiger charge is 2.15. The van der Waals surface area contributed by atoms with E-state index < -0.39 is 10.0 Å². The van der Waals surface area contributed by atoms with Gasteiger partial charge in [-0.1, -0.05) is 11.6 Å². The van der Waals surface area contributed by atoms with E-state index in [2.05, 4.69) is 5.32 Å². The van der Waals surface area contributed by atoms with E-state index in [9.17, 15) is 13.2 Å². The molecule has 2 aromatic rings. The van der Waals surface area contributed by atoms with Crippen molar-refractivity contribution in [3.63, 3.8) is 0 Å². The Morgan fingerprint density at radius 1 is 1.29 bits per heavy atom. The van der Waals surface area contributed by atoms with Gasteiger partial charge in [0.1, 0.15) is 5.69 Å². The maximum atomic E-state index is 12.2. The molecule has 0 radical (unpaired) electrons. The first kappa shape index (κ1) is 15.6. The summed E-state index contributed by atoms with van der Waals surface area (Å²) in [7, 11) is -2.11. The van der Waals surface area contributed by atoms with Crippen LogP contribution in [0.3, 0.4) is 0 Å². The van der Waals surface area contributed by atoms with E-state index >= 15 is 0 Å². The number of aromatic nitrogens is 1. The van der Waals surface area contributed by atoms with Crippen molar-refractivity contribution >= 4 is 33.2 Å². The lowest BCUT2D eigenvalue weighted by molar-refractivity contribution is 0.101. The molecule has 0 atom stereocenters. The number of amides is 1. The first-order chi connectivity index (χ1) is 9.70. The molecule has 21 heavy (non-hydrogen) atoms. The summed E-state index contributed by atoms with van der Waals surface area (Å²) in [6.07, 6.45) is 0. The molecule has 6 nitrogen and oxygen atoms in total. The van der Waals surface area contributed by atoms with Crippen LogP contribution in [-0.4, -0.2) is 18.9 Å². The number of hydrogen-bond donors (Lipinski definition) is 2. The summed E-state index contributed by atoms with van der Waals surface area (Å²) in [5, 5.41) is 7.86. The van der Waals surface area contributed by atoms with Gasteiger partial charge in [0.15, 0.2) is 0 Å². The number of nitrogens with two attached hydrogens (primary N) is 1. The highest BCUT2D eigenvalue weighted by atomic mass is 35.5. The van der Waals surface area contributed by atoms with E-state index in [1.807, 2.05) is 6.92 Å². The Kier molecular flexibility index (Phi) is 4.08. The molecule has 0 aliphatic heterocycles. The van der Waals surface area contributed by atoms with Gasteiger partial charge in [-0.2, -0.15) is 0 Å². The molecule has 0 spiro atoms. The SMILES string of the molecule is Cc1ccc(C(=O)Nc2cc(S(N)(=O)=O)ccc2Cl)n1C. The number of sulfonamides is 1. The topological polar surface area (TPSA) is 94.2 Å². The molecule has 1 amide bonds. The average molecular weight is 328 g/mol. The van der Waals surface area contributed by atoms with Crippen LogP contribution in [0.2, 0.25) is 5.02 Å². The maximum Gasteiger partial charge on any atom is 0.272 e. The summed E-state index contributed by atoms with van der Waals surface area (Å²) < 4.78 is 24.4. The van der Waals surface area contributed by atoms with Gasteiger partial charge in [0, 0.05) is 12.7 Å². The predicted octanol–water partition coefficient (Wildman–Crippen LogP) is 1.89. The number of benzene rings is 1. The van der Waals surface area contributed by atoms with Crippen molar-refractivity contribution in [3.8, 4) is 0 Å². The molecule has 1 aromatic heterocycles. The van der Waals surface area contributed by atoms with Crippen LogP contribution in [0.15, 0.2) is 35.2 Å². The van der Waals surface area contributed by atoms with Crippen molar-refractivity contribution in [2.24, 2.45) is 12.2 Å². The predicted molar refractivity (Wildman–Crippen MR) is 80.9 cm³/mol. The van der Waals surface area contributed by atoms with Crippen LogP contribution in [0.1, 0.15) is 16.2 Å². The molecule has 2 rings (SSSR count). The molecule has 0 bridgehead atoms. The molecule has 112 valence electrons. The molecule has 8 heteroatoms. The van der Waals surface area contributed by atoms with Crippen LogP contribution < -0.4 is 10.5 Å². The zero-order valence-electron chi connectivity index (χ0n) is 11.4. The van der Waals surface area contributed by atoms with Crippen molar-refractivity contribution in [1.82, 2.24) is 4.57 Å². The number of carbonyl (C=O) groups excluding carboxylic acids is 1. The molecule has 0 saturated heterocycles. The van der Waals surface area contributed by atoms with Crippen molar-refractivity contribution < 1.29 is 13.2 Å². The fourth-order valence-corrected chi connectivity index (χ4v) is 2.51. The number of halogens is 1. The van der Waals surface area contributed by atoms with Gasteiger partial charge in [0.05, 0.1) is 15.6 Å². The third-order valence-corrected chi connectivity index (χ3v) is 4.36. The minimum Gasteiger partial charge on any atom is -0.344 e. The number of nitrogens with zero attached hydrogens (tertiary/aromatic N) is 1. The summed E-state index contributed by atoms with van der Waals surface area (Å²) in [6.45, 7) is 1.87. The second-order valence-corrected chi connectivity index (χ2v) is 6.53. The Balaban J connectivity index is 2.35. The van der Waals surface area contributed by atoms with Crippen LogP contribution in [-0.2, 0) is 17.1 Å². The Morgan fingerprint density at radius 2 is 1.95 bits per heavy atom. The monoisotopic (exact) mass is 327 g/mol. The Labute approximate surface area is 127 Å². The van der Waals surface area contributed by atoms with E-state index in [1.54, 1.807) is 23.7 Å². The number of carbonyl (C=O) groups is 1. The van der Waals surface area contributed by atoms with Gasteiger partial charge in [0.2, 0.25) is 10.0 Å². The van der Waals surface area contributed by atoms with Gasteiger partial charge < -0.3 is 9.88 Å². The third-order valence-electron chi connectivity index (χ3n) is 3.12. The lowest BCUT2D eigenvalue weighted by Crippen LogP contribution is -2.17. The van der Waals surface area contributed by atoms with Gasteiger partial charge >= 0.3 is 0 Å². The summed E-state index contributed by atoms with van der Waals surface area (Å²) >= 11 is 5.97. The highest BCUT2D eigenvalue weighted by molar-refractivity contribution is 7.89. The maximum absolute atomic E-state index is 12.2. The van der Waals surface area contributed by atoms with E-state index in [1.165, 1.54) is 18.2 Å². The Morgan fingerprint density at radius 3 is 2.48 bits per heavy atom. The quantitative estimate of drug-likeness (QED) is 0.901. The summed E-state index contributed by atoms with van der Waals surface area (Å²) in [5.41, 5.74) is 1.54. The molecule has 3 N–H and O–H groups in total. The number of anilines is 1. The molecule has 1 aromatic carbocycles. The van der Waals surface area contributed by atoms with Crippen LogP contribution >= 0.6 is 11.6 Å². The molecule has 0 fully saturated rings. The zero-order chi connectivity index (χ0) is 15.8. The minimum atomic E-state index is -3.86. The third kappa shape index (κ3) is 3.26. The van der Waals surface area contributed by atoms with E-state index in [0.29, 0.717) is 5.69 Å². The lowest BCUT2D eigenvalue weighted by atomic mass is 10.3. The van der Waals surface area contributed by atoms with Gasteiger partial charge in [-0.3, -0.25) is 4.79 Å². The number of nitrogens with one attached hydrogen (secondary N) is 1. The van der Waals surface area contributed by atoms with Crippen LogP contribution in [0.5, 0.6) is 0 Å². The van der Waals surface area contributed by atoms with Crippen molar-refractivity contribution in [2.45, 2.75) is 11.8 Å². The van der Waals surface area contributed by atoms with Crippen molar-refractivity contribution in [1.29, 1.82) is 0 Å². The van der Waals surface area contributed by atoms with Crippen LogP contribution in [0, 0.1) is 6.92 Å². The van der Waals surface area contributed by atoms with Crippen molar-refractivity contribution in [2.75, 3.05) is 5.32 Å². The summed E-state index contributed by atoms with van der Waals surface area (Å²) in [6, 6.07) is 7.35. The smallest absolute Gasteiger partial charge is 0.272 e. The Bertz CT molecular complexity index is 812. The number of primary sulfonamides is 1. The molecule has 1 heterocycles. The van der Waals surface area contributed by atoms with Crippen LogP contribution in [0.25, 0.3) is 0 Å². The normalized spacial score (nSPS) is 11.4. The molecular formula is C13H14ClN3O3S. The fraction of sp³-hybridized carbons (Fsp3) is 0.154. The zero-order valence-corrected chi connectivity index (χ0v) is 13.0. The van der Waals surface area contributed by atoms with Gasteiger partial charge in [-0.25, -0.2) is 13.6 Å². The average Bonchev–Trinajstić information content (AvgIpc) is 2.71. The standard InChI is InChI=1S/C13H14ClN3O3S/c1-8-3-6-12(17(8)2)13(18)16-11-7-9(21(15,19)20)4-5-10(11)14/h3-7H,1-2H3,(H,16,18)(H2,15,19,20). The van der Waals surface area contributed by atoms with E-state index in [0.717, 1.165) is 5.69 Å². The fourth-order valence-electron chi connectivity index (χ4n) is 1.80. The Hall–Kier alpha value is -1.83. The second-order valence-electron chi connectivity index (χ2n) is 4.56. The largest absolute Gasteiger partial charge is 0.344 e. The summed E-state index contributed by atoms with van der Waals surface area (Å²) in [4.78, 5) is 12.1. The van der Waals surface area contributed by atoms with Gasteiger partial charge in [-0.15, -0.1) is 0 Å². The number of rotatable bonds is 3. The molecule has 0 saturated carbocycles. The van der Waals surface area contributed by atoms with Crippen molar-refractivity contribution in [3.05, 3.63) is 46.7 Å². The lowest BCUT2D eigenvalue weighted by Gasteiger charge is -2.10. The van der Waals surface area contributed by atoms with E-state index in [4.69, 9.17) is 16.7 Å².